The fourth-order valence-electron chi connectivity index (χ4n) is 8.12. The summed E-state index contributed by atoms with van der Waals surface area (Å²) in [4.78, 5) is 2.43. The average Bonchev–Trinajstić information content (AvgIpc) is 3.64. The maximum Gasteiger partial charge on any atom is 0.130 e. The molecule has 0 spiro atoms. The van der Waals surface area contributed by atoms with E-state index in [9.17, 15) is 0 Å². The van der Waals surface area contributed by atoms with Crippen LogP contribution in [0, 0.1) is 0 Å². The van der Waals surface area contributed by atoms with E-state index in [1.165, 1.54) is 66.3 Å². The summed E-state index contributed by atoms with van der Waals surface area (Å²) in [5, 5.41) is 16.6. The molecule has 0 bridgehead atoms. The number of rotatable bonds is 6. The van der Waals surface area contributed by atoms with Crippen LogP contribution < -0.4 is 20.9 Å². The highest BCUT2D eigenvalue weighted by Gasteiger charge is 2.33. The minimum Gasteiger partial charge on any atom is -0.366 e. The van der Waals surface area contributed by atoms with Crippen molar-refractivity contribution in [2.45, 2.75) is 18.4 Å². The first kappa shape index (κ1) is 31.1. The van der Waals surface area contributed by atoms with Gasteiger partial charge in [0, 0.05) is 16.8 Å². The molecule has 4 nitrogen and oxygen atoms in total. The molecule has 0 fully saturated rings. The number of benzene rings is 8. The van der Waals surface area contributed by atoms with Crippen LogP contribution in [-0.2, 0) is 0 Å². The van der Waals surface area contributed by atoms with E-state index in [4.69, 9.17) is 0 Å². The highest BCUT2D eigenvalue weighted by molar-refractivity contribution is 6.18. The second-order valence-electron chi connectivity index (χ2n) is 13.9. The molecule has 3 atom stereocenters. The van der Waals surface area contributed by atoms with E-state index in [1.807, 2.05) is 0 Å². The summed E-state index contributed by atoms with van der Waals surface area (Å²) < 4.78 is 0. The molecule has 8 aromatic rings. The van der Waals surface area contributed by atoms with Gasteiger partial charge in [0.2, 0.25) is 0 Å². The van der Waals surface area contributed by atoms with E-state index in [0.29, 0.717) is 0 Å². The third-order valence-electron chi connectivity index (χ3n) is 10.7. The maximum absolute atomic E-state index is 3.96. The number of nitrogens with one attached hydrogen (secondary N) is 3. The molecule has 0 saturated carbocycles. The van der Waals surface area contributed by atoms with Gasteiger partial charge in [0.15, 0.2) is 0 Å². The highest BCUT2D eigenvalue weighted by atomic mass is 15.3. The lowest BCUT2D eigenvalue weighted by atomic mass is 9.94. The molecule has 0 aliphatic carbocycles. The van der Waals surface area contributed by atoms with Crippen LogP contribution in [-0.4, -0.2) is 0 Å². The van der Waals surface area contributed by atoms with E-state index in [2.05, 4.69) is 215 Å². The summed E-state index contributed by atoms with van der Waals surface area (Å²) in [6.45, 7) is 0. The normalized spacial score (nSPS) is 17.9. The predicted molar refractivity (Wildman–Crippen MR) is 221 cm³/mol. The van der Waals surface area contributed by atoms with Gasteiger partial charge in [-0.15, -0.1) is 0 Å². The third-order valence-corrected chi connectivity index (χ3v) is 10.7. The monoisotopic (exact) mass is 682 g/mol. The fourth-order valence-corrected chi connectivity index (χ4v) is 8.12. The zero-order valence-corrected chi connectivity index (χ0v) is 29.2. The van der Waals surface area contributed by atoms with E-state index >= 15 is 0 Å². The Morgan fingerprint density at radius 2 is 1.08 bits per heavy atom. The van der Waals surface area contributed by atoms with Gasteiger partial charge in [0.1, 0.15) is 12.3 Å². The largest absolute Gasteiger partial charge is 0.366 e. The first-order chi connectivity index (χ1) is 26.3. The van der Waals surface area contributed by atoms with Crippen molar-refractivity contribution in [1.29, 1.82) is 0 Å². The average molecular weight is 683 g/mol. The fraction of sp³-hybridized carbons (Fsp3) is 0.0612. The molecule has 10 rings (SSSR count). The lowest BCUT2D eigenvalue weighted by Crippen LogP contribution is -2.39. The van der Waals surface area contributed by atoms with E-state index < -0.39 is 0 Å². The molecule has 2 heterocycles. The standard InChI is InChI=1S/C49H38N4/c1-5-14-33(15-6-1)43-32-44(34-16-7-2-8-17-34)51-48(50-43)40-21-13-20-37(31-40)38-26-28-42-39(30-38)25-24-35-27-29-45-47(46(35)42)52-49(36-18-9-3-10-19-36)53(45)41-22-11-4-12-23-41/h1-32,43,48-52H. The van der Waals surface area contributed by atoms with Crippen LogP contribution >= 0.6 is 0 Å². The molecule has 0 amide bonds. The molecular weight excluding hydrogens is 645 g/mol. The summed E-state index contributed by atoms with van der Waals surface area (Å²) in [6, 6.07) is 67.7. The Labute approximate surface area is 310 Å². The molecule has 0 saturated heterocycles. The highest BCUT2D eigenvalue weighted by Crippen LogP contribution is 2.50. The number of anilines is 3. The molecule has 4 heteroatoms. The quantitative estimate of drug-likeness (QED) is 0.153. The van der Waals surface area contributed by atoms with Crippen LogP contribution in [0.4, 0.5) is 17.1 Å². The van der Waals surface area contributed by atoms with E-state index in [0.717, 1.165) is 11.4 Å². The first-order valence-corrected chi connectivity index (χ1v) is 18.4. The van der Waals surface area contributed by atoms with Crippen LogP contribution in [0.15, 0.2) is 194 Å². The van der Waals surface area contributed by atoms with Crippen molar-refractivity contribution in [3.05, 3.63) is 216 Å². The zero-order valence-electron chi connectivity index (χ0n) is 29.2. The van der Waals surface area contributed by atoms with Gasteiger partial charge in [-0.3, -0.25) is 5.32 Å². The van der Waals surface area contributed by atoms with E-state index in [-0.39, 0.29) is 18.4 Å². The van der Waals surface area contributed by atoms with Crippen molar-refractivity contribution >= 4 is 44.3 Å². The smallest absolute Gasteiger partial charge is 0.130 e. The Balaban J connectivity index is 1.03. The van der Waals surface area contributed by atoms with Gasteiger partial charge in [-0.05, 0) is 85.9 Å². The summed E-state index contributed by atoms with van der Waals surface area (Å²) in [5.41, 5.74) is 11.9. The van der Waals surface area contributed by atoms with Crippen molar-refractivity contribution in [2.75, 3.05) is 10.2 Å². The van der Waals surface area contributed by atoms with Crippen LogP contribution in [0.3, 0.4) is 0 Å². The van der Waals surface area contributed by atoms with Crippen molar-refractivity contribution in [1.82, 2.24) is 10.6 Å². The van der Waals surface area contributed by atoms with E-state index in [1.54, 1.807) is 0 Å². The first-order valence-electron chi connectivity index (χ1n) is 18.4. The number of para-hydroxylation sites is 1. The zero-order chi connectivity index (χ0) is 35.1. The predicted octanol–water partition coefficient (Wildman–Crippen LogP) is 11.9. The van der Waals surface area contributed by atoms with Crippen LogP contribution in [0.5, 0.6) is 0 Å². The second-order valence-corrected chi connectivity index (χ2v) is 13.9. The number of fused-ring (bicyclic) bond motifs is 5. The summed E-state index contributed by atoms with van der Waals surface area (Å²) in [5.74, 6) is 0. The molecule has 3 N–H and O–H groups in total. The molecule has 0 aromatic heterocycles. The molecular formula is C49H38N4. The summed E-state index contributed by atoms with van der Waals surface area (Å²) >= 11 is 0. The maximum atomic E-state index is 3.96. The lowest BCUT2D eigenvalue weighted by molar-refractivity contribution is 0.443. The Morgan fingerprint density at radius 3 is 1.85 bits per heavy atom. The van der Waals surface area contributed by atoms with Crippen molar-refractivity contribution in [3.63, 3.8) is 0 Å². The van der Waals surface area contributed by atoms with Crippen molar-refractivity contribution in [2.24, 2.45) is 0 Å². The Kier molecular flexibility index (Phi) is 7.74. The van der Waals surface area contributed by atoms with Gasteiger partial charge in [-0.1, -0.05) is 158 Å². The summed E-state index contributed by atoms with van der Waals surface area (Å²) in [6.07, 6.45) is 2.21. The van der Waals surface area contributed by atoms with Gasteiger partial charge in [0.25, 0.3) is 0 Å². The molecule has 53 heavy (non-hydrogen) atoms. The molecule has 3 unspecified atom stereocenters. The molecule has 254 valence electrons. The molecule has 2 aliphatic rings. The topological polar surface area (TPSA) is 39.3 Å². The Hall–Kier alpha value is -6.62. The van der Waals surface area contributed by atoms with Crippen molar-refractivity contribution in [3.8, 4) is 11.1 Å². The van der Waals surface area contributed by atoms with Crippen LogP contribution in [0.2, 0.25) is 0 Å². The molecule has 8 aromatic carbocycles. The number of hydrogen-bond donors (Lipinski definition) is 3. The summed E-state index contributed by atoms with van der Waals surface area (Å²) in [7, 11) is 0. The lowest BCUT2D eigenvalue weighted by Gasteiger charge is -2.33. The number of hydrogen-bond acceptors (Lipinski definition) is 4. The molecule has 0 radical (unpaired) electrons. The second kappa shape index (κ2) is 13.2. The SMILES string of the molecule is C1=C(c2ccccc2)NC(c2cccc(-c3ccc4c(ccc5ccc6c(c54)NC(c4ccccc4)N6c4ccccc4)c3)c2)NC1c1ccccc1. The van der Waals surface area contributed by atoms with Crippen LogP contribution in [0.25, 0.3) is 38.4 Å². The van der Waals surface area contributed by atoms with Gasteiger partial charge < -0.3 is 15.5 Å². The van der Waals surface area contributed by atoms with Gasteiger partial charge in [-0.25, -0.2) is 0 Å². The van der Waals surface area contributed by atoms with Crippen molar-refractivity contribution < 1.29 is 0 Å². The molecule has 2 aliphatic heterocycles. The Morgan fingerprint density at radius 1 is 0.453 bits per heavy atom. The van der Waals surface area contributed by atoms with Gasteiger partial charge in [0.05, 0.1) is 17.4 Å². The van der Waals surface area contributed by atoms with Gasteiger partial charge >= 0.3 is 0 Å². The minimum absolute atomic E-state index is 0.0165. The van der Waals surface area contributed by atoms with Gasteiger partial charge in [-0.2, -0.15) is 0 Å². The minimum atomic E-state index is -0.0662. The van der Waals surface area contributed by atoms with Crippen LogP contribution in [0.1, 0.15) is 40.6 Å². The Bertz CT molecular complexity index is 2600. The number of nitrogens with zero attached hydrogens (tertiary/aromatic N) is 1. The third kappa shape index (κ3) is 5.70.